The number of carbonyl (C=O) groups excluding carboxylic acids is 1. The van der Waals surface area contributed by atoms with Crippen LogP contribution in [0.3, 0.4) is 0 Å². The first-order chi connectivity index (χ1) is 18.3. The second-order valence-electron chi connectivity index (χ2n) is 9.49. The lowest BCUT2D eigenvalue weighted by Gasteiger charge is -2.33. The van der Waals surface area contributed by atoms with Crippen LogP contribution in [-0.2, 0) is 9.53 Å². The number of aromatic nitrogens is 1. The van der Waals surface area contributed by atoms with Gasteiger partial charge in [0, 0.05) is 41.4 Å². The molecule has 11 heteroatoms. The summed E-state index contributed by atoms with van der Waals surface area (Å²) in [6.07, 6.45) is 3.80. The predicted molar refractivity (Wildman–Crippen MR) is 148 cm³/mol. The number of anilines is 1. The number of nitro benzene ring substituents is 1. The van der Waals surface area contributed by atoms with Crippen molar-refractivity contribution in [2.75, 3.05) is 24.6 Å². The highest BCUT2D eigenvalue weighted by Gasteiger charge is 2.34. The van der Waals surface area contributed by atoms with Crippen molar-refractivity contribution in [1.82, 2.24) is 4.57 Å². The molecule has 198 valence electrons. The lowest BCUT2D eigenvalue weighted by molar-refractivity contribution is -0.384. The summed E-state index contributed by atoms with van der Waals surface area (Å²) in [5.41, 5.74) is 2.00. The zero-order valence-corrected chi connectivity index (χ0v) is 23.0. The number of rotatable bonds is 6. The van der Waals surface area contributed by atoms with Crippen molar-refractivity contribution in [1.29, 1.82) is 0 Å². The van der Waals surface area contributed by atoms with Gasteiger partial charge in [-0.1, -0.05) is 24.3 Å². The number of allylic oxidation sites excluding steroid dienone is 1. The van der Waals surface area contributed by atoms with E-state index in [0.717, 1.165) is 36.5 Å². The van der Waals surface area contributed by atoms with Crippen LogP contribution in [-0.4, -0.2) is 35.2 Å². The summed E-state index contributed by atoms with van der Waals surface area (Å²) in [7, 11) is 0. The van der Waals surface area contributed by atoms with E-state index in [1.54, 1.807) is 30.6 Å². The van der Waals surface area contributed by atoms with Gasteiger partial charge in [0.15, 0.2) is 4.80 Å². The lowest BCUT2D eigenvalue weighted by atomic mass is 9.98. The van der Waals surface area contributed by atoms with Gasteiger partial charge in [0.05, 0.1) is 27.3 Å². The molecule has 0 N–H and O–H groups in total. The third-order valence-corrected chi connectivity index (χ3v) is 8.87. The van der Waals surface area contributed by atoms with Gasteiger partial charge in [-0.05, 0) is 56.2 Å². The average Bonchev–Trinajstić information content (AvgIpc) is 3.52. The second kappa shape index (κ2) is 10.7. The van der Waals surface area contributed by atoms with Crippen LogP contribution in [0, 0.1) is 16.0 Å². The van der Waals surface area contributed by atoms with Crippen molar-refractivity contribution < 1.29 is 14.5 Å². The fraction of sp³-hybridized carbons (Fsp3) is 0.370. The van der Waals surface area contributed by atoms with Crippen LogP contribution in [0.25, 0.3) is 6.08 Å². The van der Waals surface area contributed by atoms with Gasteiger partial charge in [0.25, 0.3) is 11.2 Å². The van der Waals surface area contributed by atoms with Gasteiger partial charge in [0.1, 0.15) is 6.04 Å². The van der Waals surface area contributed by atoms with Gasteiger partial charge < -0.3 is 9.64 Å². The summed E-state index contributed by atoms with van der Waals surface area (Å²) in [5, 5.41) is 13.5. The Kier molecular flexibility index (Phi) is 7.31. The molecule has 1 atom stereocenters. The number of piperidine rings is 1. The fourth-order valence-electron chi connectivity index (χ4n) is 4.96. The molecule has 0 amide bonds. The zero-order valence-electron chi connectivity index (χ0n) is 21.4. The molecule has 0 aliphatic carbocycles. The number of esters is 1. The highest BCUT2D eigenvalue weighted by atomic mass is 32.1. The Hall–Kier alpha value is -3.57. The van der Waals surface area contributed by atoms with Crippen LogP contribution in [0.15, 0.2) is 56.8 Å². The summed E-state index contributed by atoms with van der Waals surface area (Å²) in [6, 6.07) is 7.92. The van der Waals surface area contributed by atoms with E-state index >= 15 is 0 Å². The SMILES string of the molecule is CCOC(=O)C1=C(C)N=c2s/c(=C/c3cc([N+](=O)[O-])ccc3N3CCC(C)CC3)c(=O)n2[C@H]1c1cccs1. The molecule has 1 aromatic carbocycles. The second-order valence-corrected chi connectivity index (χ2v) is 11.5. The predicted octanol–water partition coefficient (Wildman–Crippen LogP) is 4.00. The van der Waals surface area contributed by atoms with Crippen molar-refractivity contribution in [2.24, 2.45) is 10.9 Å². The van der Waals surface area contributed by atoms with Crippen molar-refractivity contribution in [2.45, 2.75) is 39.7 Å². The van der Waals surface area contributed by atoms with E-state index in [1.807, 2.05) is 17.5 Å². The van der Waals surface area contributed by atoms with Crippen molar-refractivity contribution in [3.8, 4) is 0 Å². The molecular weight excluding hydrogens is 524 g/mol. The molecule has 1 saturated heterocycles. The van der Waals surface area contributed by atoms with E-state index in [9.17, 15) is 19.7 Å². The minimum Gasteiger partial charge on any atom is -0.463 e. The number of ether oxygens (including phenoxy) is 1. The Labute approximate surface area is 227 Å². The van der Waals surface area contributed by atoms with E-state index in [0.29, 0.717) is 32.1 Å². The molecule has 0 spiro atoms. The van der Waals surface area contributed by atoms with Crippen molar-refractivity contribution in [3.05, 3.63) is 87.2 Å². The Bertz CT molecular complexity index is 1590. The molecule has 4 heterocycles. The number of nitrogens with zero attached hydrogens (tertiary/aromatic N) is 4. The maximum absolute atomic E-state index is 13.9. The topological polar surface area (TPSA) is 107 Å². The molecule has 0 unspecified atom stereocenters. The molecule has 3 aromatic rings. The van der Waals surface area contributed by atoms with Gasteiger partial charge in [-0.25, -0.2) is 9.79 Å². The van der Waals surface area contributed by atoms with Crippen LogP contribution >= 0.6 is 22.7 Å². The maximum Gasteiger partial charge on any atom is 0.338 e. The monoisotopic (exact) mass is 552 g/mol. The quantitative estimate of drug-likeness (QED) is 0.260. The third-order valence-electron chi connectivity index (χ3n) is 6.96. The molecule has 5 rings (SSSR count). The van der Waals surface area contributed by atoms with Crippen molar-refractivity contribution >= 4 is 46.1 Å². The number of fused-ring (bicyclic) bond motifs is 1. The number of nitro groups is 1. The highest BCUT2D eigenvalue weighted by molar-refractivity contribution is 7.10. The highest BCUT2D eigenvalue weighted by Crippen LogP contribution is 2.33. The number of thiazole rings is 1. The summed E-state index contributed by atoms with van der Waals surface area (Å²) in [4.78, 5) is 46.1. The molecule has 38 heavy (non-hydrogen) atoms. The minimum atomic E-state index is -0.652. The normalized spacial score (nSPS) is 18.3. The molecule has 0 bridgehead atoms. The molecule has 0 radical (unpaired) electrons. The number of hydrogen-bond donors (Lipinski definition) is 0. The molecule has 2 aliphatic heterocycles. The standard InChI is InChI=1S/C27H28N4O5S2/c1-4-36-26(33)23-17(3)28-27-30(24(23)21-6-5-13-37-21)25(32)22(38-27)15-18-14-19(31(34)35)7-8-20(18)29-11-9-16(2)10-12-29/h5-8,13-16,24H,4,9-12H2,1-3H3/b22-15+/t24-/m0/s1. The molecule has 9 nitrogen and oxygen atoms in total. The molecule has 1 fully saturated rings. The fourth-order valence-corrected chi connectivity index (χ4v) is 6.82. The average molecular weight is 553 g/mol. The summed E-state index contributed by atoms with van der Waals surface area (Å²) in [5.74, 6) is 0.132. The molecule has 0 saturated carbocycles. The van der Waals surface area contributed by atoms with Gasteiger partial charge in [0.2, 0.25) is 0 Å². The Morgan fingerprint density at radius 2 is 2.05 bits per heavy atom. The van der Waals surface area contributed by atoms with Crippen LogP contribution in [0.2, 0.25) is 0 Å². The van der Waals surface area contributed by atoms with Gasteiger partial charge >= 0.3 is 5.97 Å². The first-order valence-corrected chi connectivity index (χ1v) is 14.2. The van der Waals surface area contributed by atoms with Crippen LogP contribution in [0.5, 0.6) is 0 Å². The number of thiophene rings is 1. The summed E-state index contributed by atoms with van der Waals surface area (Å²) in [6.45, 7) is 7.62. The van der Waals surface area contributed by atoms with E-state index in [4.69, 9.17) is 4.74 Å². The summed E-state index contributed by atoms with van der Waals surface area (Å²) >= 11 is 2.67. The van der Waals surface area contributed by atoms with Crippen LogP contribution < -0.4 is 19.8 Å². The number of non-ortho nitro benzene ring substituents is 1. The Balaban J connectivity index is 1.68. The Morgan fingerprint density at radius 1 is 1.29 bits per heavy atom. The summed E-state index contributed by atoms with van der Waals surface area (Å²) < 4.78 is 7.26. The Morgan fingerprint density at radius 3 is 2.71 bits per heavy atom. The van der Waals surface area contributed by atoms with Crippen LogP contribution in [0.1, 0.15) is 50.1 Å². The first-order valence-electron chi connectivity index (χ1n) is 12.5. The zero-order chi connectivity index (χ0) is 27.0. The number of benzene rings is 1. The lowest BCUT2D eigenvalue weighted by Crippen LogP contribution is -2.39. The van der Waals surface area contributed by atoms with Gasteiger partial charge in [-0.15, -0.1) is 11.3 Å². The molecule has 2 aromatic heterocycles. The number of carbonyl (C=O) groups is 1. The van der Waals surface area contributed by atoms with Gasteiger partial charge in [-0.2, -0.15) is 0 Å². The maximum atomic E-state index is 13.9. The third kappa shape index (κ3) is 4.83. The van der Waals surface area contributed by atoms with Gasteiger partial charge in [-0.3, -0.25) is 19.5 Å². The van der Waals surface area contributed by atoms with Crippen molar-refractivity contribution in [3.63, 3.8) is 0 Å². The largest absolute Gasteiger partial charge is 0.463 e. The van der Waals surface area contributed by atoms with E-state index < -0.39 is 16.9 Å². The van der Waals surface area contributed by atoms with Crippen LogP contribution in [0.4, 0.5) is 11.4 Å². The van der Waals surface area contributed by atoms with E-state index in [1.165, 1.54) is 34.8 Å². The first kappa shape index (κ1) is 26.1. The molecule has 2 aliphatic rings. The van der Waals surface area contributed by atoms with E-state index in [-0.39, 0.29) is 17.9 Å². The smallest absolute Gasteiger partial charge is 0.338 e. The minimum absolute atomic E-state index is 0.0324. The number of hydrogen-bond acceptors (Lipinski definition) is 9. The molecular formula is C27H28N4O5S2. The van der Waals surface area contributed by atoms with E-state index in [2.05, 4.69) is 16.8 Å².